The molecular weight excluding hydrogens is 310 g/mol. The lowest BCUT2D eigenvalue weighted by Crippen LogP contribution is -2.14. The second-order valence-electron chi connectivity index (χ2n) is 3.94. The van der Waals surface area contributed by atoms with Crippen LogP contribution in [0.15, 0.2) is 4.21 Å². The number of hydrogen-bond acceptors (Lipinski definition) is 9. The number of carbonyl (C=O) groups is 1. The second kappa shape index (κ2) is 5.51. The number of nitriles is 1. The Morgan fingerprint density at radius 3 is 2.81 bits per heavy atom. The fourth-order valence-electron chi connectivity index (χ4n) is 1.83. The highest BCUT2D eigenvalue weighted by molar-refractivity contribution is 7.62. The van der Waals surface area contributed by atoms with Gasteiger partial charge in [-0.05, 0) is 6.92 Å². The van der Waals surface area contributed by atoms with E-state index >= 15 is 0 Å². The zero-order chi connectivity index (χ0) is 15.7. The number of rotatable bonds is 2. The number of nitrogen functional groups attached to an aromatic ring is 2. The number of nitrogens with zero attached hydrogens (tertiary/aromatic N) is 2. The first-order valence-electron chi connectivity index (χ1n) is 5.76. The summed E-state index contributed by atoms with van der Waals surface area (Å²) in [5, 5.41) is 17.2. The van der Waals surface area contributed by atoms with E-state index in [1.807, 2.05) is 6.07 Å². The standard InChI is InChI=1S/C12H11N5O2S2/c1-2-19-11(18)6-8-5(10(16)21-12(6)20)7(14)4(3-13)9(15)17-8/h16,20H,2H2,1H3,(H4,14,15,17)/p-1. The molecule has 0 aliphatic carbocycles. The Kier molecular flexibility index (Phi) is 3.93. The van der Waals surface area contributed by atoms with E-state index in [9.17, 15) is 4.79 Å². The summed E-state index contributed by atoms with van der Waals surface area (Å²) in [6, 6.07) is 1.84. The highest BCUT2D eigenvalue weighted by Crippen LogP contribution is 2.29. The minimum atomic E-state index is -0.653. The lowest BCUT2D eigenvalue weighted by atomic mass is 10.1. The lowest BCUT2D eigenvalue weighted by molar-refractivity contribution is 0.0525. The molecule has 2 aromatic heterocycles. The van der Waals surface area contributed by atoms with Crippen molar-refractivity contribution in [3.05, 3.63) is 15.8 Å². The highest BCUT2D eigenvalue weighted by Gasteiger charge is 2.19. The average molecular weight is 320 g/mol. The number of anilines is 2. The number of nitrogens with two attached hydrogens (primary N) is 2. The Balaban J connectivity index is 2.99. The molecule has 0 radical (unpaired) electrons. The molecule has 9 heteroatoms. The molecule has 0 amide bonds. The second-order valence-corrected chi connectivity index (χ2v) is 5.62. The monoisotopic (exact) mass is 320 g/mol. The molecule has 2 rings (SSSR count). The first kappa shape index (κ1) is 15.0. The van der Waals surface area contributed by atoms with Crippen LogP contribution in [0.5, 0.6) is 0 Å². The van der Waals surface area contributed by atoms with Crippen LogP contribution in [0.1, 0.15) is 22.8 Å². The number of aromatic nitrogens is 1. The SMILES string of the molecule is CCOC(=O)c1c([S-])sc(=N)c2c(N)c(C#N)c(N)nc12. The Bertz CT molecular complexity index is 854. The maximum atomic E-state index is 12.0. The van der Waals surface area contributed by atoms with E-state index in [0.29, 0.717) is 0 Å². The normalized spacial score (nSPS) is 10.3. The number of pyridine rings is 1. The van der Waals surface area contributed by atoms with Gasteiger partial charge in [0.1, 0.15) is 17.5 Å². The van der Waals surface area contributed by atoms with Crippen LogP contribution in [0.3, 0.4) is 0 Å². The minimum Gasteiger partial charge on any atom is -0.462 e. The van der Waals surface area contributed by atoms with Crippen molar-refractivity contribution in [2.45, 2.75) is 11.1 Å². The van der Waals surface area contributed by atoms with Crippen molar-refractivity contribution in [2.75, 3.05) is 18.1 Å². The van der Waals surface area contributed by atoms with Crippen molar-refractivity contribution >= 4 is 52.3 Å². The first-order chi connectivity index (χ1) is 9.92. The highest BCUT2D eigenvalue weighted by atomic mass is 32.2. The van der Waals surface area contributed by atoms with E-state index < -0.39 is 5.97 Å². The summed E-state index contributed by atoms with van der Waals surface area (Å²) in [5.41, 5.74) is 11.7. The van der Waals surface area contributed by atoms with Crippen molar-refractivity contribution < 1.29 is 9.53 Å². The fourth-order valence-corrected chi connectivity index (χ4v) is 3.03. The molecule has 5 N–H and O–H groups in total. The van der Waals surface area contributed by atoms with E-state index in [0.717, 1.165) is 11.3 Å². The van der Waals surface area contributed by atoms with Gasteiger partial charge in [-0.1, -0.05) is 0 Å². The first-order valence-corrected chi connectivity index (χ1v) is 6.99. The molecule has 0 aliphatic rings. The lowest BCUT2D eigenvalue weighted by Gasteiger charge is -2.16. The summed E-state index contributed by atoms with van der Waals surface area (Å²) in [6.07, 6.45) is 0. The van der Waals surface area contributed by atoms with Crippen LogP contribution in [0.2, 0.25) is 0 Å². The van der Waals surface area contributed by atoms with Crippen molar-refractivity contribution in [2.24, 2.45) is 0 Å². The molecule has 0 aromatic carbocycles. The van der Waals surface area contributed by atoms with E-state index in [2.05, 4.69) is 4.98 Å². The van der Waals surface area contributed by atoms with Gasteiger partial charge in [-0.15, -0.1) is 4.21 Å². The Labute approximate surface area is 129 Å². The molecule has 108 valence electrons. The van der Waals surface area contributed by atoms with Gasteiger partial charge in [0.15, 0.2) is 0 Å². The molecule has 0 unspecified atom stereocenters. The van der Waals surface area contributed by atoms with Crippen molar-refractivity contribution in [1.82, 2.24) is 4.98 Å². The number of fused-ring (bicyclic) bond motifs is 1. The summed E-state index contributed by atoms with van der Waals surface area (Å²) in [7, 11) is 0. The summed E-state index contributed by atoms with van der Waals surface area (Å²) >= 11 is 6.01. The summed E-state index contributed by atoms with van der Waals surface area (Å²) in [6.45, 7) is 1.83. The number of esters is 1. The Morgan fingerprint density at radius 2 is 2.24 bits per heavy atom. The molecule has 0 fully saturated rings. The van der Waals surface area contributed by atoms with Crippen LogP contribution < -0.4 is 16.1 Å². The predicted molar refractivity (Wildman–Crippen MR) is 80.6 cm³/mol. The van der Waals surface area contributed by atoms with Crippen LogP contribution in [0, 0.1) is 16.7 Å². The zero-order valence-corrected chi connectivity index (χ0v) is 12.5. The van der Waals surface area contributed by atoms with Crippen molar-refractivity contribution in [1.29, 1.82) is 10.7 Å². The van der Waals surface area contributed by atoms with E-state index in [1.54, 1.807) is 6.92 Å². The molecule has 7 nitrogen and oxygen atoms in total. The van der Waals surface area contributed by atoms with E-state index in [1.165, 1.54) is 0 Å². The van der Waals surface area contributed by atoms with Gasteiger partial charge >= 0.3 is 5.97 Å². The van der Waals surface area contributed by atoms with Gasteiger partial charge in [0, 0.05) is 10.1 Å². The van der Waals surface area contributed by atoms with Gasteiger partial charge in [0.2, 0.25) is 0 Å². The topological polar surface area (TPSA) is 139 Å². The molecule has 0 aliphatic heterocycles. The molecule has 0 atom stereocenters. The average Bonchev–Trinajstić information content (AvgIpc) is 2.38. The molecule has 0 saturated carbocycles. The maximum absolute atomic E-state index is 12.0. The number of nitrogens with one attached hydrogen (secondary N) is 1. The Hall–Kier alpha value is -2.44. The van der Waals surface area contributed by atoms with Gasteiger partial charge in [0.25, 0.3) is 0 Å². The minimum absolute atomic E-state index is 0.0156. The van der Waals surface area contributed by atoms with Crippen molar-refractivity contribution in [3.63, 3.8) is 0 Å². The van der Waals surface area contributed by atoms with Gasteiger partial charge in [0.05, 0.1) is 23.4 Å². The molecule has 0 bridgehead atoms. The summed E-state index contributed by atoms with van der Waals surface area (Å²) in [4.78, 5) is 16.1. The van der Waals surface area contributed by atoms with Crippen LogP contribution in [-0.4, -0.2) is 17.6 Å². The molecule has 0 spiro atoms. The molecule has 2 aromatic rings. The zero-order valence-electron chi connectivity index (χ0n) is 10.9. The van der Waals surface area contributed by atoms with Crippen LogP contribution in [-0.2, 0) is 17.4 Å². The van der Waals surface area contributed by atoms with Gasteiger partial charge in [-0.3, -0.25) is 0 Å². The fraction of sp³-hybridized carbons (Fsp3) is 0.167. The molecular formula is C12H10N5O2S2-. The van der Waals surface area contributed by atoms with E-state index in [4.69, 9.17) is 39.5 Å². The number of carbonyl (C=O) groups excluding carboxylic acids is 1. The predicted octanol–water partition coefficient (Wildman–Crippen LogP) is 0.894. The number of hydrogen-bond donors (Lipinski definition) is 3. The quantitative estimate of drug-likeness (QED) is 0.551. The van der Waals surface area contributed by atoms with Crippen LogP contribution in [0.4, 0.5) is 11.5 Å². The maximum Gasteiger partial charge on any atom is 0.339 e. The molecule has 0 saturated heterocycles. The number of ether oxygens (including phenoxy) is 1. The molecule has 2 heterocycles. The van der Waals surface area contributed by atoms with E-state index in [-0.39, 0.29) is 49.0 Å². The third-order valence-electron chi connectivity index (χ3n) is 2.72. The van der Waals surface area contributed by atoms with Gasteiger partial charge < -0.3 is 45.6 Å². The van der Waals surface area contributed by atoms with Gasteiger partial charge in [-0.2, -0.15) is 5.26 Å². The summed E-state index contributed by atoms with van der Waals surface area (Å²) in [5.74, 6) is -0.766. The van der Waals surface area contributed by atoms with Gasteiger partial charge in [-0.25, -0.2) is 9.78 Å². The molecule has 21 heavy (non-hydrogen) atoms. The summed E-state index contributed by atoms with van der Waals surface area (Å²) < 4.78 is 5.13. The van der Waals surface area contributed by atoms with Crippen LogP contribution in [0.25, 0.3) is 10.9 Å². The van der Waals surface area contributed by atoms with Crippen LogP contribution >= 0.6 is 11.3 Å². The Morgan fingerprint density at radius 1 is 1.57 bits per heavy atom. The van der Waals surface area contributed by atoms with Crippen molar-refractivity contribution in [3.8, 4) is 6.07 Å². The third-order valence-corrected chi connectivity index (χ3v) is 3.97. The smallest absolute Gasteiger partial charge is 0.339 e. The third kappa shape index (κ3) is 2.35. The largest absolute Gasteiger partial charge is 0.462 e.